The molecule has 0 saturated carbocycles. The number of hydrogen-bond acceptors (Lipinski definition) is 4. The molecule has 2 N–H and O–H groups in total. The van der Waals surface area contributed by atoms with E-state index < -0.39 is 15.3 Å². The van der Waals surface area contributed by atoms with Crippen molar-refractivity contribution in [3.63, 3.8) is 0 Å². The van der Waals surface area contributed by atoms with Crippen LogP contribution in [0.25, 0.3) is 0 Å². The number of amides is 1. The lowest BCUT2D eigenvalue weighted by atomic mass is 10.4. The Labute approximate surface area is 107 Å². The van der Waals surface area contributed by atoms with Gasteiger partial charge in [-0.1, -0.05) is 6.07 Å². The first-order valence-electron chi connectivity index (χ1n) is 4.82. The molecule has 1 aromatic rings. The summed E-state index contributed by atoms with van der Waals surface area (Å²) >= 11 is 3.19. The molecule has 1 unspecified atom stereocenters. The molecule has 6 nitrogen and oxygen atoms in total. The zero-order valence-corrected chi connectivity index (χ0v) is 11.1. The Morgan fingerprint density at radius 2 is 2.18 bits per heavy atom. The van der Waals surface area contributed by atoms with Crippen LogP contribution in [-0.2, 0) is 14.8 Å². The van der Waals surface area contributed by atoms with Crippen LogP contribution in [0.5, 0.6) is 0 Å². The molecular weight excluding hydrogens is 310 g/mol. The quantitative estimate of drug-likeness (QED) is 0.790. The van der Waals surface area contributed by atoms with Gasteiger partial charge in [0.05, 0.1) is 0 Å². The Bertz CT molecular complexity index is 560. The second-order valence-corrected chi connectivity index (χ2v) is 6.40. The topological polar surface area (TPSA) is 93.4 Å². The minimum Gasteiger partial charge on any atom is -0.295 e. The van der Waals surface area contributed by atoms with Gasteiger partial charge >= 0.3 is 0 Å². The number of carbonyl (C=O) groups excluding carboxylic acids is 1. The van der Waals surface area contributed by atoms with Crippen molar-refractivity contribution < 1.29 is 13.2 Å². The molecule has 0 aromatic carbocycles. The summed E-state index contributed by atoms with van der Waals surface area (Å²) in [6, 6.07) is 5.10. The lowest BCUT2D eigenvalue weighted by molar-refractivity contribution is -0.117. The van der Waals surface area contributed by atoms with E-state index >= 15 is 0 Å². The van der Waals surface area contributed by atoms with Gasteiger partial charge in [0, 0.05) is 13.0 Å². The molecule has 2 heterocycles. The largest absolute Gasteiger partial charge is 0.295 e. The van der Waals surface area contributed by atoms with Crippen molar-refractivity contribution in [3.8, 4) is 0 Å². The number of aromatic nitrogens is 1. The van der Waals surface area contributed by atoms with Crippen LogP contribution in [0.4, 0.5) is 5.82 Å². The number of sulfonamides is 1. The fourth-order valence-corrected chi connectivity index (χ4v) is 2.73. The third-order valence-corrected chi connectivity index (χ3v) is 4.22. The van der Waals surface area contributed by atoms with Gasteiger partial charge in [-0.05, 0) is 28.1 Å². The number of hydrogen-bond donors (Lipinski definition) is 1. The van der Waals surface area contributed by atoms with E-state index in [2.05, 4.69) is 20.9 Å². The van der Waals surface area contributed by atoms with E-state index in [0.29, 0.717) is 10.4 Å². The maximum Gasteiger partial charge on any atom is 0.229 e. The van der Waals surface area contributed by atoms with Gasteiger partial charge in [-0.15, -0.1) is 0 Å². The minimum absolute atomic E-state index is 0.0567. The molecule has 2 rings (SSSR count). The van der Waals surface area contributed by atoms with Gasteiger partial charge in [0.25, 0.3) is 0 Å². The Morgan fingerprint density at radius 1 is 1.47 bits per heavy atom. The smallest absolute Gasteiger partial charge is 0.229 e. The van der Waals surface area contributed by atoms with Crippen LogP contribution in [-0.4, -0.2) is 31.1 Å². The van der Waals surface area contributed by atoms with Crippen LogP contribution in [0.3, 0.4) is 0 Å². The van der Waals surface area contributed by atoms with Crippen molar-refractivity contribution in [3.05, 3.63) is 22.8 Å². The molecular formula is C9H10BrN3O3S. The first-order chi connectivity index (χ1) is 7.88. The van der Waals surface area contributed by atoms with Gasteiger partial charge < -0.3 is 0 Å². The van der Waals surface area contributed by atoms with Gasteiger partial charge in [-0.3, -0.25) is 9.69 Å². The number of pyridine rings is 1. The summed E-state index contributed by atoms with van der Waals surface area (Å²) in [5.74, 6) is 0.144. The summed E-state index contributed by atoms with van der Waals surface area (Å²) < 4.78 is 23.0. The molecule has 0 radical (unpaired) electrons. The Kier molecular flexibility index (Phi) is 3.19. The molecule has 1 aliphatic rings. The summed E-state index contributed by atoms with van der Waals surface area (Å²) in [4.78, 5) is 17.1. The average Bonchev–Trinajstić information content (AvgIpc) is 2.60. The average molecular weight is 320 g/mol. The summed E-state index contributed by atoms with van der Waals surface area (Å²) in [5, 5.41) is 4.19. The lowest BCUT2D eigenvalue weighted by Gasteiger charge is -2.15. The third-order valence-electron chi connectivity index (χ3n) is 2.53. The number of nitrogens with zero attached hydrogens (tertiary/aromatic N) is 2. The monoisotopic (exact) mass is 319 g/mol. The van der Waals surface area contributed by atoms with E-state index in [9.17, 15) is 13.2 Å². The van der Waals surface area contributed by atoms with E-state index in [0.717, 1.165) is 0 Å². The predicted molar refractivity (Wildman–Crippen MR) is 65.8 cm³/mol. The van der Waals surface area contributed by atoms with Crippen LogP contribution in [0.1, 0.15) is 6.42 Å². The molecule has 92 valence electrons. The molecule has 0 spiro atoms. The van der Waals surface area contributed by atoms with E-state index in [4.69, 9.17) is 5.14 Å². The van der Waals surface area contributed by atoms with E-state index in [1.807, 2.05) is 0 Å². The summed E-state index contributed by atoms with van der Waals surface area (Å²) in [6.07, 6.45) is -0.0903. The highest BCUT2D eigenvalue weighted by molar-refractivity contribution is 9.10. The Morgan fingerprint density at radius 3 is 2.71 bits per heavy atom. The highest BCUT2D eigenvalue weighted by Crippen LogP contribution is 2.23. The maximum atomic E-state index is 11.7. The van der Waals surface area contributed by atoms with Crippen LogP contribution in [0, 0.1) is 0 Å². The molecule has 0 bridgehead atoms. The van der Waals surface area contributed by atoms with Crippen molar-refractivity contribution in [1.29, 1.82) is 0 Å². The third kappa shape index (κ3) is 2.64. The molecule has 1 saturated heterocycles. The molecule has 1 aromatic heterocycles. The highest BCUT2D eigenvalue weighted by Gasteiger charge is 2.37. The van der Waals surface area contributed by atoms with Crippen molar-refractivity contribution in [2.45, 2.75) is 11.7 Å². The number of carbonyl (C=O) groups is 1. The summed E-state index contributed by atoms with van der Waals surface area (Å²) in [6.45, 7) is 0.0567. The van der Waals surface area contributed by atoms with Crippen molar-refractivity contribution >= 4 is 37.7 Å². The van der Waals surface area contributed by atoms with Crippen LogP contribution < -0.4 is 10.0 Å². The van der Waals surface area contributed by atoms with Crippen molar-refractivity contribution in [2.24, 2.45) is 5.14 Å². The molecule has 0 aliphatic carbocycles. The number of anilines is 1. The van der Waals surface area contributed by atoms with E-state index in [1.165, 1.54) is 4.90 Å². The molecule has 17 heavy (non-hydrogen) atoms. The first kappa shape index (κ1) is 12.5. The van der Waals surface area contributed by atoms with Crippen molar-refractivity contribution in [2.75, 3.05) is 11.4 Å². The number of primary sulfonamides is 1. The standard InChI is InChI=1S/C9H10BrN3O3S/c10-7-2-1-3-8(12-7)13-5-6(4-9(13)14)17(11,15)16/h1-3,6H,4-5H2,(H2,11,15,16). The number of rotatable bonds is 2. The molecule has 8 heteroatoms. The van der Waals surface area contributed by atoms with Crippen LogP contribution in [0.15, 0.2) is 22.8 Å². The van der Waals surface area contributed by atoms with Gasteiger partial charge in [0.2, 0.25) is 15.9 Å². The van der Waals surface area contributed by atoms with Gasteiger partial charge in [0.1, 0.15) is 15.7 Å². The second-order valence-electron chi connectivity index (χ2n) is 3.74. The molecule has 1 aliphatic heterocycles. The van der Waals surface area contributed by atoms with Gasteiger partial charge in [-0.2, -0.15) is 0 Å². The van der Waals surface area contributed by atoms with Gasteiger partial charge in [0.15, 0.2) is 0 Å². The fraction of sp³-hybridized carbons (Fsp3) is 0.333. The minimum atomic E-state index is -3.69. The number of halogens is 1. The highest BCUT2D eigenvalue weighted by atomic mass is 79.9. The summed E-state index contributed by atoms with van der Waals surface area (Å²) in [7, 11) is -3.69. The van der Waals surface area contributed by atoms with E-state index in [1.54, 1.807) is 18.2 Å². The molecule has 1 amide bonds. The zero-order valence-electron chi connectivity index (χ0n) is 8.71. The number of nitrogens with two attached hydrogens (primary N) is 1. The lowest BCUT2D eigenvalue weighted by Crippen LogP contribution is -2.32. The summed E-state index contributed by atoms with van der Waals surface area (Å²) in [5.41, 5.74) is 0. The van der Waals surface area contributed by atoms with Crippen LogP contribution in [0.2, 0.25) is 0 Å². The second kappa shape index (κ2) is 4.35. The first-order valence-corrected chi connectivity index (χ1v) is 7.23. The van der Waals surface area contributed by atoms with E-state index in [-0.39, 0.29) is 18.9 Å². The fourth-order valence-electron chi connectivity index (χ4n) is 1.66. The predicted octanol–water partition coefficient (Wildman–Crippen LogP) is 0.238. The Balaban J connectivity index is 2.28. The van der Waals surface area contributed by atoms with Crippen LogP contribution >= 0.6 is 15.9 Å². The molecule has 1 fully saturated rings. The molecule has 1 atom stereocenters. The Hall–Kier alpha value is -0.990. The maximum absolute atomic E-state index is 11.7. The normalized spacial score (nSPS) is 20.9. The van der Waals surface area contributed by atoms with Crippen molar-refractivity contribution in [1.82, 2.24) is 4.98 Å². The zero-order chi connectivity index (χ0) is 12.6. The SMILES string of the molecule is NS(=O)(=O)C1CC(=O)N(c2cccc(Br)n2)C1. The van der Waals surface area contributed by atoms with Gasteiger partial charge in [-0.25, -0.2) is 18.5 Å².